The maximum atomic E-state index is 13.0. The van der Waals surface area contributed by atoms with Crippen LogP contribution in [0.2, 0.25) is 0 Å². The molecule has 0 aliphatic rings. The Hall–Kier alpha value is -4.36. The Morgan fingerprint density at radius 3 is 2.34 bits per heavy atom. The van der Waals surface area contributed by atoms with Crippen molar-refractivity contribution in [2.75, 3.05) is 24.4 Å². The smallest absolute Gasteiger partial charge is 0.266 e. The number of aromatic hydroxyl groups is 1. The Bertz CT molecular complexity index is 1300. The van der Waals surface area contributed by atoms with E-state index in [9.17, 15) is 24.3 Å². The molecule has 0 aromatic heterocycles. The summed E-state index contributed by atoms with van der Waals surface area (Å²) < 4.78 is 24.4. The number of halogens is 2. The van der Waals surface area contributed by atoms with Crippen molar-refractivity contribution in [1.82, 2.24) is 0 Å². The van der Waals surface area contributed by atoms with Crippen molar-refractivity contribution < 1.29 is 28.6 Å². The van der Waals surface area contributed by atoms with Crippen LogP contribution in [-0.2, 0) is 9.59 Å². The summed E-state index contributed by atoms with van der Waals surface area (Å²) in [5.74, 6) is -0.966. The average Bonchev–Trinajstić information content (AvgIpc) is 2.84. The molecular formula is C25H19BrFN3O5. The molecule has 0 fully saturated rings. The van der Waals surface area contributed by atoms with Gasteiger partial charge < -0.3 is 25.2 Å². The lowest BCUT2D eigenvalue weighted by Crippen LogP contribution is -2.20. The first-order valence-electron chi connectivity index (χ1n) is 10.1. The van der Waals surface area contributed by atoms with E-state index in [4.69, 9.17) is 9.47 Å². The number of methoxy groups -OCH3 is 1. The van der Waals surface area contributed by atoms with Gasteiger partial charge in [0.05, 0.1) is 11.6 Å². The quantitative estimate of drug-likeness (QED) is 0.213. The number of anilines is 2. The molecule has 0 heterocycles. The number of nitrogens with zero attached hydrogens (tertiary/aromatic N) is 1. The fourth-order valence-electron chi connectivity index (χ4n) is 2.89. The van der Waals surface area contributed by atoms with Crippen LogP contribution >= 0.6 is 15.9 Å². The lowest BCUT2D eigenvalue weighted by Gasteiger charge is -2.14. The lowest BCUT2D eigenvalue weighted by atomic mass is 10.1. The van der Waals surface area contributed by atoms with Crippen LogP contribution in [0.3, 0.4) is 0 Å². The first-order chi connectivity index (χ1) is 16.8. The van der Waals surface area contributed by atoms with Crippen molar-refractivity contribution in [2.45, 2.75) is 0 Å². The van der Waals surface area contributed by atoms with Gasteiger partial charge in [-0.15, -0.1) is 0 Å². The topological polar surface area (TPSA) is 121 Å². The SMILES string of the molecule is COc1cc(/C=C(\C#N)C(=O)Nc2ccc(O)cc2)cc(Br)c1OCC(=O)Nc1ccc(F)cc1. The number of hydrogen-bond donors (Lipinski definition) is 3. The summed E-state index contributed by atoms with van der Waals surface area (Å²) >= 11 is 3.36. The van der Waals surface area contributed by atoms with Gasteiger partial charge in [-0.2, -0.15) is 5.26 Å². The minimum absolute atomic E-state index is 0.0474. The predicted octanol–water partition coefficient (Wildman–Crippen LogP) is 4.87. The summed E-state index contributed by atoms with van der Waals surface area (Å²) in [7, 11) is 1.41. The highest BCUT2D eigenvalue weighted by Gasteiger charge is 2.15. The zero-order valence-corrected chi connectivity index (χ0v) is 19.9. The number of rotatable bonds is 8. The van der Waals surface area contributed by atoms with Gasteiger partial charge in [0, 0.05) is 11.4 Å². The van der Waals surface area contributed by atoms with Crippen LogP contribution in [0.5, 0.6) is 17.2 Å². The van der Waals surface area contributed by atoms with Gasteiger partial charge in [-0.25, -0.2) is 4.39 Å². The van der Waals surface area contributed by atoms with Crippen LogP contribution in [0.15, 0.2) is 70.7 Å². The zero-order chi connectivity index (χ0) is 25.4. The highest BCUT2D eigenvalue weighted by atomic mass is 79.9. The first-order valence-corrected chi connectivity index (χ1v) is 10.9. The number of nitriles is 1. The van der Waals surface area contributed by atoms with Crippen LogP contribution < -0.4 is 20.1 Å². The summed E-state index contributed by atoms with van der Waals surface area (Å²) in [6.07, 6.45) is 1.37. The number of benzene rings is 3. The van der Waals surface area contributed by atoms with E-state index in [0.717, 1.165) is 0 Å². The molecule has 0 saturated carbocycles. The Balaban J connectivity index is 1.72. The molecular weight excluding hydrogens is 521 g/mol. The number of hydrogen-bond acceptors (Lipinski definition) is 6. The Labute approximate surface area is 208 Å². The summed E-state index contributed by atoms with van der Waals surface area (Å²) in [5.41, 5.74) is 1.13. The fraction of sp³-hybridized carbons (Fsp3) is 0.0800. The molecule has 8 nitrogen and oxygen atoms in total. The number of ether oxygens (including phenoxy) is 2. The molecule has 0 bridgehead atoms. The first kappa shape index (κ1) is 25.3. The summed E-state index contributed by atoms with van der Waals surface area (Å²) in [6, 6.07) is 16.1. The van der Waals surface area contributed by atoms with Crippen molar-refractivity contribution in [3.05, 3.63) is 82.1 Å². The highest BCUT2D eigenvalue weighted by Crippen LogP contribution is 2.37. The molecule has 10 heteroatoms. The summed E-state index contributed by atoms with van der Waals surface area (Å²) in [5, 5.41) is 24.0. The number of phenolic OH excluding ortho intramolecular Hbond substituents is 1. The molecule has 0 spiro atoms. The molecule has 3 rings (SSSR count). The molecule has 0 aliphatic carbocycles. The Morgan fingerprint density at radius 2 is 1.71 bits per heavy atom. The molecule has 0 unspecified atom stereocenters. The molecule has 2 amide bonds. The normalized spacial score (nSPS) is 10.7. The van der Waals surface area contributed by atoms with Crippen molar-refractivity contribution in [1.29, 1.82) is 5.26 Å². The average molecular weight is 540 g/mol. The monoisotopic (exact) mass is 539 g/mol. The largest absolute Gasteiger partial charge is 0.508 e. The van der Waals surface area contributed by atoms with Gasteiger partial charge in [-0.1, -0.05) is 0 Å². The molecule has 3 N–H and O–H groups in total. The van der Waals surface area contributed by atoms with E-state index < -0.39 is 17.6 Å². The standard InChI is InChI=1S/C25H19BrFN3O5/c1-34-22-12-15(10-16(13-28)25(33)30-19-6-8-20(31)9-7-19)11-21(26)24(22)35-14-23(32)29-18-4-2-17(27)3-5-18/h2-12,31H,14H2,1H3,(H,29,32)(H,30,33)/b16-10+. The molecule has 0 saturated heterocycles. The Kier molecular flexibility index (Phi) is 8.43. The predicted molar refractivity (Wildman–Crippen MR) is 132 cm³/mol. The molecule has 0 atom stereocenters. The summed E-state index contributed by atoms with van der Waals surface area (Å²) in [6.45, 7) is -0.347. The van der Waals surface area contributed by atoms with E-state index in [-0.39, 0.29) is 29.4 Å². The van der Waals surface area contributed by atoms with E-state index in [0.29, 0.717) is 21.4 Å². The molecule has 178 valence electrons. The number of carbonyl (C=O) groups excluding carboxylic acids is 2. The number of phenols is 1. The van der Waals surface area contributed by atoms with Crippen LogP contribution in [0.4, 0.5) is 15.8 Å². The van der Waals surface area contributed by atoms with Crippen molar-refractivity contribution in [3.63, 3.8) is 0 Å². The maximum absolute atomic E-state index is 13.0. The minimum atomic E-state index is -0.633. The van der Waals surface area contributed by atoms with Crippen molar-refractivity contribution in [3.8, 4) is 23.3 Å². The fourth-order valence-corrected chi connectivity index (χ4v) is 3.46. The van der Waals surface area contributed by atoms with Crippen molar-refractivity contribution >= 4 is 45.2 Å². The maximum Gasteiger partial charge on any atom is 0.266 e. The van der Waals surface area contributed by atoms with Gasteiger partial charge in [0.15, 0.2) is 18.1 Å². The van der Waals surface area contributed by atoms with E-state index in [2.05, 4.69) is 26.6 Å². The van der Waals surface area contributed by atoms with Crippen LogP contribution in [0.1, 0.15) is 5.56 Å². The number of amides is 2. The zero-order valence-electron chi connectivity index (χ0n) is 18.3. The molecule has 0 radical (unpaired) electrons. The van der Waals surface area contributed by atoms with Crippen molar-refractivity contribution in [2.24, 2.45) is 0 Å². The number of carbonyl (C=O) groups is 2. The van der Waals surface area contributed by atoms with Gasteiger partial charge in [-0.3, -0.25) is 9.59 Å². The highest BCUT2D eigenvalue weighted by molar-refractivity contribution is 9.10. The lowest BCUT2D eigenvalue weighted by molar-refractivity contribution is -0.118. The molecule has 3 aromatic rings. The third kappa shape index (κ3) is 7.06. The van der Waals surface area contributed by atoms with E-state index in [1.54, 1.807) is 12.1 Å². The second kappa shape index (κ2) is 11.7. The van der Waals surface area contributed by atoms with Gasteiger partial charge in [0.2, 0.25) is 0 Å². The number of nitrogens with one attached hydrogen (secondary N) is 2. The second-order valence-electron chi connectivity index (χ2n) is 7.05. The minimum Gasteiger partial charge on any atom is -0.508 e. The van der Waals surface area contributed by atoms with Gasteiger partial charge >= 0.3 is 0 Å². The Morgan fingerprint density at radius 1 is 1.09 bits per heavy atom. The van der Waals surface area contributed by atoms with E-state index in [1.807, 2.05) is 6.07 Å². The van der Waals surface area contributed by atoms with E-state index >= 15 is 0 Å². The van der Waals surface area contributed by atoms with Gasteiger partial charge in [-0.05, 0) is 88.2 Å². The summed E-state index contributed by atoms with van der Waals surface area (Å²) in [4.78, 5) is 24.7. The third-order valence-corrected chi connectivity index (χ3v) is 5.12. The van der Waals surface area contributed by atoms with Gasteiger partial charge in [0.25, 0.3) is 11.8 Å². The second-order valence-corrected chi connectivity index (χ2v) is 7.90. The van der Waals surface area contributed by atoms with Crippen LogP contribution in [0.25, 0.3) is 6.08 Å². The van der Waals surface area contributed by atoms with E-state index in [1.165, 1.54) is 61.7 Å². The molecule has 0 aliphatic heterocycles. The van der Waals surface area contributed by atoms with Gasteiger partial charge in [0.1, 0.15) is 23.2 Å². The van der Waals surface area contributed by atoms with Crippen LogP contribution in [0, 0.1) is 17.1 Å². The molecule has 35 heavy (non-hydrogen) atoms. The third-order valence-electron chi connectivity index (χ3n) is 4.53. The van der Waals surface area contributed by atoms with Crippen LogP contribution in [-0.4, -0.2) is 30.6 Å². The molecule has 3 aromatic carbocycles.